The molecule has 0 amide bonds. The first kappa shape index (κ1) is 17.7. The first-order valence-electron chi connectivity index (χ1n) is 7.40. The van der Waals surface area contributed by atoms with Crippen LogP contribution in [-0.2, 0) is 10.3 Å². The van der Waals surface area contributed by atoms with E-state index in [1.807, 2.05) is 0 Å². The Labute approximate surface area is 139 Å². The molecule has 0 aliphatic heterocycles. The van der Waals surface area contributed by atoms with Crippen molar-refractivity contribution in [3.63, 3.8) is 0 Å². The summed E-state index contributed by atoms with van der Waals surface area (Å²) in [4.78, 5) is 15.9. The molecule has 1 aromatic carbocycles. The van der Waals surface area contributed by atoms with Gasteiger partial charge in [-0.1, -0.05) is 0 Å². The number of pyridine rings is 1. The Hall–Kier alpha value is -2.67. The van der Waals surface area contributed by atoms with Crippen LogP contribution in [0.25, 0.3) is 11.1 Å². The number of nitrogen functional groups attached to an aromatic ring is 2. The van der Waals surface area contributed by atoms with Crippen LogP contribution in [0.1, 0.15) is 36.8 Å². The van der Waals surface area contributed by atoms with Gasteiger partial charge in [-0.3, -0.25) is 4.98 Å². The third kappa shape index (κ3) is 3.46. The number of carbonyl (C=O) groups is 1. The van der Waals surface area contributed by atoms with Gasteiger partial charge in [0.1, 0.15) is 11.4 Å². The zero-order chi connectivity index (χ0) is 18.1. The highest BCUT2D eigenvalue weighted by molar-refractivity contribution is 5.96. The summed E-state index contributed by atoms with van der Waals surface area (Å²) >= 11 is 0. The van der Waals surface area contributed by atoms with Crippen molar-refractivity contribution in [1.29, 1.82) is 0 Å². The summed E-state index contributed by atoms with van der Waals surface area (Å²) in [5, 5.41) is 9.99. The van der Waals surface area contributed by atoms with E-state index in [0.717, 1.165) is 6.07 Å². The van der Waals surface area contributed by atoms with Crippen molar-refractivity contribution >= 4 is 17.3 Å². The number of halogens is 1. The zero-order valence-electron chi connectivity index (χ0n) is 13.8. The first-order chi connectivity index (χ1) is 11.1. The number of nitrogens with two attached hydrogens (primary N) is 2. The lowest BCUT2D eigenvalue weighted by Crippen LogP contribution is -2.19. The van der Waals surface area contributed by atoms with Crippen molar-refractivity contribution in [3.8, 4) is 11.1 Å². The van der Waals surface area contributed by atoms with Crippen LogP contribution in [0.3, 0.4) is 0 Å². The van der Waals surface area contributed by atoms with Crippen molar-refractivity contribution < 1.29 is 19.0 Å². The van der Waals surface area contributed by atoms with Crippen LogP contribution in [0.4, 0.5) is 15.8 Å². The van der Waals surface area contributed by atoms with Gasteiger partial charge in [0.05, 0.1) is 23.6 Å². The van der Waals surface area contributed by atoms with Gasteiger partial charge >= 0.3 is 5.97 Å². The molecule has 0 radical (unpaired) electrons. The summed E-state index contributed by atoms with van der Waals surface area (Å²) in [7, 11) is 0. The van der Waals surface area contributed by atoms with Gasteiger partial charge in [0.25, 0.3) is 0 Å². The van der Waals surface area contributed by atoms with Gasteiger partial charge in [-0.2, -0.15) is 0 Å². The van der Waals surface area contributed by atoms with Crippen molar-refractivity contribution in [2.75, 3.05) is 18.1 Å². The fourth-order valence-electron chi connectivity index (χ4n) is 2.34. The zero-order valence-corrected chi connectivity index (χ0v) is 13.8. The molecule has 0 aliphatic carbocycles. The van der Waals surface area contributed by atoms with Gasteiger partial charge < -0.3 is 21.3 Å². The second-order valence-electron chi connectivity index (χ2n) is 5.86. The molecule has 0 bridgehead atoms. The fourth-order valence-corrected chi connectivity index (χ4v) is 2.34. The molecule has 0 unspecified atom stereocenters. The van der Waals surface area contributed by atoms with Gasteiger partial charge in [-0.15, -0.1) is 0 Å². The molecule has 0 spiro atoms. The molecule has 2 aromatic rings. The lowest BCUT2D eigenvalue weighted by molar-refractivity contribution is 0.0527. The molecule has 0 fully saturated rings. The molecule has 1 aromatic heterocycles. The minimum absolute atomic E-state index is 0.0351. The number of nitrogens with zero attached hydrogens (tertiary/aromatic N) is 1. The predicted octanol–water partition coefficient (Wildman–Crippen LogP) is 2.46. The van der Waals surface area contributed by atoms with E-state index in [0.29, 0.717) is 11.3 Å². The molecular weight excluding hydrogens is 313 g/mol. The molecule has 6 nitrogen and oxygen atoms in total. The molecule has 0 atom stereocenters. The van der Waals surface area contributed by atoms with Gasteiger partial charge in [-0.25, -0.2) is 9.18 Å². The highest BCUT2D eigenvalue weighted by atomic mass is 19.1. The van der Waals surface area contributed by atoms with E-state index in [1.54, 1.807) is 20.8 Å². The standard InChI is InChI=1S/C17H20FN3O3/c1-4-24-16(22)11-6-12(18)10(7-13(11)19)9-5-14(20)15(21-8-9)17(2,3)23/h5-8,23H,4,19-20H2,1-3H3. The molecule has 2 rings (SSSR count). The van der Waals surface area contributed by atoms with Crippen LogP contribution >= 0.6 is 0 Å². The lowest BCUT2D eigenvalue weighted by atomic mass is 9.98. The number of aliphatic hydroxyl groups is 1. The minimum atomic E-state index is -1.21. The maximum Gasteiger partial charge on any atom is 0.340 e. The van der Waals surface area contributed by atoms with E-state index >= 15 is 0 Å². The first-order valence-corrected chi connectivity index (χ1v) is 7.40. The average Bonchev–Trinajstić information content (AvgIpc) is 2.48. The smallest absolute Gasteiger partial charge is 0.340 e. The summed E-state index contributed by atoms with van der Waals surface area (Å²) in [5.74, 6) is -1.33. The van der Waals surface area contributed by atoms with Gasteiger partial charge in [0.2, 0.25) is 0 Å². The SMILES string of the molecule is CCOC(=O)c1cc(F)c(-c2cnc(C(C)(C)O)c(N)c2)cc1N. The molecular formula is C17H20FN3O3. The number of ether oxygens (including phenoxy) is 1. The van der Waals surface area contributed by atoms with E-state index in [-0.39, 0.29) is 29.1 Å². The van der Waals surface area contributed by atoms with Crippen LogP contribution in [0.15, 0.2) is 24.4 Å². The van der Waals surface area contributed by atoms with E-state index in [1.165, 1.54) is 18.3 Å². The second-order valence-corrected chi connectivity index (χ2v) is 5.86. The molecule has 0 saturated heterocycles. The molecule has 1 heterocycles. The van der Waals surface area contributed by atoms with Crippen molar-refractivity contribution in [2.24, 2.45) is 0 Å². The molecule has 0 saturated carbocycles. The highest BCUT2D eigenvalue weighted by Gasteiger charge is 2.22. The highest BCUT2D eigenvalue weighted by Crippen LogP contribution is 2.31. The maximum absolute atomic E-state index is 14.4. The van der Waals surface area contributed by atoms with Crippen LogP contribution in [0.2, 0.25) is 0 Å². The van der Waals surface area contributed by atoms with E-state index < -0.39 is 17.4 Å². The van der Waals surface area contributed by atoms with Crippen molar-refractivity contribution in [3.05, 3.63) is 41.5 Å². The van der Waals surface area contributed by atoms with E-state index in [9.17, 15) is 14.3 Å². The van der Waals surface area contributed by atoms with E-state index in [4.69, 9.17) is 16.2 Å². The fraction of sp³-hybridized carbons (Fsp3) is 0.294. The number of hydrogen-bond donors (Lipinski definition) is 3. The van der Waals surface area contributed by atoms with E-state index in [2.05, 4.69) is 4.98 Å². The Kier molecular flexibility index (Phi) is 4.75. The van der Waals surface area contributed by atoms with Crippen LogP contribution in [-0.4, -0.2) is 22.7 Å². The number of hydrogen-bond acceptors (Lipinski definition) is 6. The average molecular weight is 333 g/mol. The Morgan fingerprint density at radius 2 is 1.96 bits per heavy atom. The van der Waals surface area contributed by atoms with Gasteiger partial charge in [0.15, 0.2) is 0 Å². The maximum atomic E-state index is 14.4. The lowest BCUT2D eigenvalue weighted by Gasteiger charge is -2.19. The normalized spacial score (nSPS) is 11.4. The van der Waals surface area contributed by atoms with Crippen molar-refractivity contribution in [1.82, 2.24) is 4.98 Å². The molecule has 24 heavy (non-hydrogen) atoms. The summed E-state index contributed by atoms with van der Waals surface area (Å²) in [6.07, 6.45) is 1.39. The Balaban J connectivity index is 2.49. The minimum Gasteiger partial charge on any atom is -0.462 e. The van der Waals surface area contributed by atoms with Crippen LogP contribution in [0, 0.1) is 5.82 Å². The monoisotopic (exact) mass is 333 g/mol. The summed E-state index contributed by atoms with van der Waals surface area (Å²) in [5.41, 5.74) is 11.6. The Bertz CT molecular complexity index is 785. The number of anilines is 2. The third-order valence-electron chi connectivity index (χ3n) is 3.44. The van der Waals surface area contributed by atoms with Gasteiger partial charge in [-0.05, 0) is 39.0 Å². The quantitative estimate of drug-likeness (QED) is 0.585. The molecule has 7 heteroatoms. The largest absolute Gasteiger partial charge is 0.462 e. The Morgan fingerprint density at radius 1 is 1.29 bits per heavy atom. The topological polar surface area (TPSA) is 111 Å². The number of benzene rings is 1. The van der Waals surface area contributed by atoms with Crippen LogP contribution < -0.4 is 11.5 Å². The van der Waals surface area contributed by atoms with Gasteiger partial charge in [0, 0.05) is 23.0 Å². The number of rotatable bonds is 4. The molecule has 128 valence electrons. The number of carbonyl (C=O) groups excluding carboxylic acids is 1. The summed E-state index contributed by atoms with van der Waals surface area (Å²) in [6, 6.07) is 3.87. The second kappa shape index (κ2) is 6.45. The predicted molar refractivity (Wildman–Crippen MR) is 89.7 cm³/mol. The van der Waals surface area contributed by atoms with Crippen LogP contribution in [0.5, 0.6) is 0 Å². The third-order valence-corrected chi connectivity index (χ3v) is 3.44. The summed E-state index contributed by atoms with van der Waals surface area (Å²) < 4.78 is 19.2. The molecule has 5 N–H and O–H groups in total. The Morgan fingerprint density at radius 3 is 2.50 bits per heavy atom. The number of aromatic nitrogens is 1. The molecule has 0 aliphatic rings. The number of esters is 1. The van der Waals surface area contributed by atoms with Crippen molar-refractivity contribution in [2.45, 2.75) is 26.4 Å². The summed E-state index contributed by atoms with van der Waals surface area (Å²) in [6.45, 7) is 4.92.